The molecule has 0 bridgehead atoms. The lowest BCUT2D eigenvalue weighted by Gasteiger charge is -2.38. The van der Waals surface area contributed by atoms with Gasteiger partial charge in [0.15, 0.2) is 8.32 Å². The Morgan fingerprint density at radius 1 is 1.18 bits per heavy atom. The number of aliphatic hydroxyl groups is 1. The summed E-state index contributed by atoms with van der Waals surface area (Å²) < 4.78 is 26.8. The molecule has 1 N–H and O–H groups in total. The molecule has 33 heavy (non-hydrogen) atoms. The van der Waals surface area contributed by atoms with Gasteiger partial charge in [-0.3, -0.25) is 4.79 Å². The Morgan fingerprint density at radius 2 is 1.79 bits per heavy atom. The van der Waals surface area contributed by atoms with Crippen LogP contribution < -0.4 is 0 Å². The molecule has 0 fully saturated rings. The highest BCUT2D eigenvalue weighted by atomic mass is 32.1. The van der Waals surface area contributed by atoms with Crippen molar-refractivity contribution in [2.45, 2.75) is 85.2 Å². The van der Waals surface area contributed by atoms with Crippen LogP contribution in [0.25, 0.3) is 0 Å². The number of thiophene rings is 1. The van der Waals surface area contributed by atoms with Crippen molar-refractivity contribution in [2.24, 2.45) is 5.41 Å². The minimum absolute atomic E-state index is 0.00975. The molecule has 0 saturated heterocycles. The minimum Gasteiger partial charge on any atom is -0.469 e. The van der Waals surface area contributed by atoms with Gasteiger partial charge in [0.1, 0.15) is 5.82 Å². The van der Waals surface area contributed by atoms with Gasteiger partial charge in [0.25, 0.3) is 0 Å². The summed E-state index contributed by atoms with van der Waals surface area (Å²) in [5.74, 6) is -1.13. The van der Waals surface area contributed by atoms with Gasteiger partial charge in [-0.1, -0.05) is 39.0 Å². The van der Waals surface area contributed by atoms with E-state index in [1.54, 1.807) is 0 Å². The van der Waals surface area contributed by atoms with Crippen LogP contribution in [0.2, 0.25) is 18.1 Å². The number of esters is 1. The number of halogens is 1. The molecule has 0 aliphatic rings. The molecule has 0 radical (unpaired) electrons. The number of aryl methyl sites for hydroxylation is 1. The van der Waals surface area contributed by atoms with Crippen LogP contribution in [0.5, 0.6) is 0 Å². The average molecular weight is 495 g/mol. The van der Waals surface area contributed by atoms with Crippen molar-refractivity contribution in [3.8, 4) is 0 Å². The van der Waals surface area contributed by atoms with Gasteiger partial charge in [0.05, 0.1) is 30.1 Å². The molecule has 2 rings (SSSR count). The Kier molecular flexibility index (Phi) is 8.38. The number of hydrogen-bond acceptors (Lipinski definition) is 5. The maximum absolute atomic E-state index is 15.3. The maximum atomic E-state index is 15.3. The van der Waals surface area contributed by atoms with E-state index in [4.69, 9.17) is 9.16 Å². The number of carbonyl (C=O) groups is 1. The summed E-state index contributed by atoms with van der Waals surface area (Å²) in [6.45, 7) is 18.1. The molecule has 184 valence electrons. The van der Waals surface area contributed by atoms with Crippen molar-refractivity contribution in [2.75, 3.05) is 7.11 Å². The van der Waals surface area contributed by atoms with Crippen LogP contribution in [0.1, 0.15) is 80.0 Å². The van der Waals surface area contributed by atoms with Crippen LogP contribution in [-0.4, -0.2) is 26.5 Å². The molecule has 7 heteroatoms. The van der Waals surface area contributed by atoms with Crippen LogP contribution in [0.3, 0.4) is 0 Å². The summed E-state index contributed by atoms with van der Waals surface area (Å²) in [5.41, 5.74) is 1.63. The first-order valence-electron chi connectivity index (χ1n) is 11.3. The van der Waals surface area contributed by atoms with Crippen molar-refractivity contribution >= 4 is 25.6 Å². The zero-order chi connectivity index (χ0) is 25.4. The molecule has 2 atom stereocenters. The summed E-state index contributed by atoms with van der Waals surface area (Å²) in [5, 5.41) is 9.80. The molecule has 2 unspecified atom stereocenters. The van der Waals surface area contributed by atoms with Gasteiger partial charge in [0.2, 0.25) is 0 Å². The van der Waals surface area contributed by atoms with Crippen molar-refractivity contribution in [3.63, 3.8) is 0 Å². The number of rotatable bonds is 8. The summed E-state index contributed by atoms with van der Waals surface area (Å²) in [6, 6.07) is 7.29. The van der Waals surface area contributed by atoms with Crippen molar-refractivity contribution in [3.05, 3.63) is 56.5 Å². The van der Waals surface area contributed by atoms with E-state index in [9.17, 15) is 9.90 Å². The zero-order valence-corrected chi connectivity index (χ0v) is 23.4. The Labute approximate surface area is 203 Å². The normalized spacial score (nSPS) is 14.8. The molecule has 1 heterocycles. The Morgan fingerprint density at radius 3 is 2.30 bits per heavy atom. The average Bonchev–Trinajstić information content (AvgIpc) is 3.08. The van der Waals surface area contributed by atoms with Gasteiger partial charge >= 0.3 is 5.97 Å². The SMILES string of the molecule is COC(=O)C(C)(C)C(c1ccc(C)c(CO)c1)c1cc(F)c(C(C)O[Si](C)(C)C(C)(C)C)s1. The van der Waals surface area contributed by atoms with Crippen LogP contribution in [0, 0.1) is 18.2 Å². The highest BCUT2D eigenvalue weighted by Crippen LogP contribution is 2.47. The fraction of sp³-hybridized carbons (Fsp3) is 0.577. The Balaban J connectivity index is 2.59. The van der Waals surface area contributed by atoms with Gasteiger partial charge in [-0.15, -0.1) is 11.3 Å². The van der Waals surface area contributed by atoms with Crippen molar-refractivity contribution in [1.82, 2.24) is 0 Å². The monoisotopic (exact) mass is 494 g/mol. The molecule has 1 aromatic carbocycles. The molecule has 4 nitrogen and oxygen atoms in total. The lowest BCUT2D eigenvalue weighted by atomic mass is 9.73. The smallest absolute Gasteiger partial charge is 0.312 e. The molecule has 0 amide bonds. The molecule has 2 aromatic rings. The third kappa shape index (κ3) is 5.76. The van der Waals surface area contributed by atoms with Crippen molar-refractivity contribution < 1.29 is 23.5 Å². The summed E-state index contributed by atoms with van der Waals surface area (Å²) >= 11 is 1.35. The number of methoxy groups -OCH3 is 1. The summed E-state index contributed by atoms with van der Waals surface area (Å²) in [7, 11) is -0.730. The second-order valence-electron chi connectivity index (χ2n) is 10.9. The number of benzene rings is 1. The standard InChI is InChI=1S/C26H39FO4SSi/c1-16-11-12-18(13-19(16)15-28)22(26(6,7)24(29)30-8)21-14-20(27)23(32-21)17(2)31-33(9,10)25(3,4)5/h11-14,17,22,28H,15H2,1-10H3. The summed E-state index contributed by atoms with van der Waals surface area (Å²) in [6.07, 6.45) is -0.391. The van der Waals surface area contributed by atoms with Gasteiger partial charge < -0.3 is 14.3 Å². The number of ether oxygens (including phenoxy) is 1. The van der Waals surface area contributed by atoms with E-state index in [1.165, 1.54) is 24.5 Å². The maximum Gasteiger partial charge on any atom is 0.312 e. The van der Waals surface area contributed by atoms with Crippen molar-refractivity contribution in [1.29, 1.82) is 0 Å². The van der Waals surface area contributed by atoms with Crippen LogP contribution in [0.4, 0.5) is 4.39 Å². The Hall–Kier alpha value is -1.54. The van der Waals surface area contributed by atoms with Gasteiger partial charge in [0, 0.05) is 10.8 Å². The van der Waals surface area contributed by atoms with E-state index >= 15 is 4.39 Å². The molecule has 0 saturated carbocycles. The molecular weight excluding hydrogens is 455 g/mol. The fourth-order valence-electron chi connectivity index (χ4n) is 3.85. The second kappa shape index (κ2) is 9.98. The lowest BCUT2D eigenvalue weighted by molar-refractivity contribution is -0.151. The molecule has 0 spiro atoms. The van der Waals surface area contributed by atoms with Gasteiger partial charge in [-0.25, -0.2) is 4.39 Å². The minimum atomic E-state index is -2.10. The van der Waals surface area contributed by atoms with Gasteiger partial charge in [-0.05, 0) is 68.6 Å². The fourth-order valence-corrected chi connectivity index (χ4v) is 6.63. The van der Waals surface area contributed by atoms with E-state index < -0.39 is 25.8 Å². The third-order valence-electron chi connectivity index (χ3n) is 6.97. The first kappa shape index (κ1) is 27.7. The van der Waals surface area contributed by atoms with E-state index in [0.717, 1.165) is 21.6 Å². The number of aliphatic hydroxyl groups excluding tert-OH is 1. The lowest BCUT2D eigenvalue weighted by Crippen LogP contribution is -2.41. The zero-order valence-electron chi connectivity index (χ0n) is 21.6. The molecule has 1 aromatic heterocycles. The highest BCUT2D eigenvalue weighted by Gasteiger charge is 2.43. The number of carbonyl (C=O) groups excluding carboxylic acids is 1. The van der Waals surface area contributed by atoms with E-state index in [1.807, 2.05) is 45.9 Å². The first-order chi connectivity index (χ1) is 15.1. The number of hydrogen-bond donors (Lipinski definition) is 1. The molecule has 0 aliphatic heterocycles. The topological polar surface area (TPSA) is 55.8 Å². The highest BCUT2D eigenvalue weighted by molar-refractivity contribution is 7.12. The van der Waals surface area contributed by atoms with Crippen LogP contribution in [0.15, 0.2) is 24.3 Å². The molecular formula is C26H39FO4SSi. The second-order valence-corrected chi connectivity index (χ2v) is 16.7. The van der Waals surface area contributed by atoms with E-state index in [0.29, 0.717) is 4.88 Å². The van der Waals surface area contributed by atoms with E-state index in [-0.39, 0.29) is 23.4 Å². The van der Waals surface area contributed by atoms with Gasteiger partial charge in [-0.2, -0.15) is 0 Å². The third-order valence-corrected chi connectivity index (χ3v) is 12.9. The van der Waals surface area contributed by atoms with E-state index in [2.05, 4.69) is 33.9 Å². The quantitative estimate of drug-likeness (QED) is 0.314. The predicted octanol–water partition coefficient (Wildman–Crippen LogP) is 7.10. The van der Waals surface area contributed by atoms with Crippen LogP contribution >= 0.6 is 11.3 Å². The predicted molar refractivity (Wildman–Crippen MR) is 136 cm³/mol. The largest absolute Gasteiger partial charge is 0.469 e. The Bertz CT molecular complexity index is 991. The van der Waals surface area contributed by atoms with Crippen LogP contribution in [-0.2, 0) is 20.6 Å². The summed E-state index contributed by atoms with van der Waals surface area (Å²) in [4.78, 5) is 14.1. The molecule has 0 aliphatic carbocycles. The first-order valence-corrected chi connectivity index (χ1v) is 15.0.